The number of ether oxygens (including phenoxy) is 3. The second-order valence-electron chi connectivity index (χ2n) is 7.15. The van der Waals surface area contributed by atoms with Gasteiger partial charge in [0.2, 0.25) is 15.9 Å². The molecule has 1 aromatic rings. The van der Waals surface area contributed by atoms with Gasteiger partial charge >= 0.3 is 5.97 Å². The van der Waals surface area contributed by atoms with E-state index in [1.54, 1.807) is 19.1 Å². The second-order valence-corrected chi connectivity index (χ2v) is 9.09. The van der Waals surface area contributed by atoms with Gasteiger partial charge in [-0.05, 0) is 25.1 Å². The summed E-state index contributed by atoms with van der Waals surface area (Å²) in [5.74, 6) is -0.835. The fourth-order valence-electron chi connectivity index (χ4n) is 3.45. The molecule has 2 aliphatic rings. The number of benzene rings is 1. The zero-order valence-electron chi connectivity index (χ0n) is 17.7. The fourth-order valence-corrected chi connectivity index (χ4v) is 4.89. The second kappa shape index (κ2) is 10.9. The molecule has 3 rings (SSSR count). The standard InChI is InChI=1S/C20H29N3O7S/c1-2-30-20(25)6-5-19(24)21-17-15-16(31(26,27)23-9-13-29-14-10-23)3-4-18(17)22-7-11-28-12-8-22/h3-4,15H,2,5-14H2,1H3,(H,21,24). The first-order valence-corrected chi connectivity index (χ1v) is 11.9. The zero-order valence-corrected chi connectivity index (χ0v) is 18.5. The molecule has 0 unspecified atom stereocenters. The van der Waals surface area contributed by atoms with Crippen LogP contribution in [0.1, 0.15) is 19.8 Å². The smallest absolute Gasteiger partial charge is 0.306 e. The summed E-state index contributed by atoms with van der Waals surface area (Å²) in [6.45, 7) is 5.57. The van der Waals surface area contributed by atoms with Crippen molar-refractivity contribution < 1.29 is 32.2 Å². The van der Waals surface area contributed by atoms with Crippen LogP contribution in [0.4, 0.5) is 11.4 Å². The van der Waals surface area contributed by atoms with Crippen LogP contribution in [0, 0.1) is 0 Å². The molecule has 172 valence electrons. The van der Waals surface area contributed by atoms with Crippen LogP contribution in [0.25, 0.3) is 0 Å². The number of hydrogen-bond acceptors (Lipinski definition) is 8. The van der Waals surface area contributed by atoms with Crippen LogP contribution in [0.15, 0.2) is 23.1 Å². The van der Waals surface area contributed by atoms with Gasteiger partial charge in [0.1, 0.15) is 0 Å². The van der Waals surface area contributed by atoms with Crippen LogP contribution >= 0.6 is 0 Å². The number of amides is 1. The molecule has 0 atom stereocenters. The monoisotopic (exact) mass is 455 g/mol. The maximum atomic E-state index is 13.1. The van der Waals surface area contributed by atoms with Crippen molar-refractivity contribution >= 4 is 33.3 Å². The Morgan fingerprint density at radius 3 is 2.32 bits per heavy atom. The maximum Gasteiger partial charge on any atom is 0.306 e. The molecule has 0 aromatic heterocycles. The first-order valence-electron chi connectivity index (χ1n) is 10.4. The number of sulfonamides is 1. The molecule has 31 heavy (non-hydrogen) atoms. The third-order valence-electron chi connectivity index (χ3n) is 5.06. The minimum Gasteiger partial charge on any atom is -0.466 e. The molecule has 2 aliphatic heterocycles. The summed E-state index contributed by atoms with van der Waals surface area (Å²) in [6.07, 6.45) is -0.0971. The lowest BCUT2D eigenvalue weighted by atomic mass is 10.2. The lowest BCUT2D eigenvalue weighted by Gasteiger charge is -2.31. The van der Waals surface area contributed by atoms with Gasteiger partial charge in [-0.1, -0.05) is 0 Å². The molecule has 1 N–H and O–H groups in total. The van der Waals surface area contributed by atoms with Gasteiger partial charge in [0.25, 0.3) is 0 Å². The fraction of sp³-hybridized carbons (Fsp3) is 0.600. The van der Waals surface area contributed by atoms with Crippen molar-refractivity contribution in [3.63, 3.8) is 0 Å². The average Bonchev–Trinajstić information content (AvgIpc) is 2.79. The molecule has 1 aromatic carbocycles. The van der Waals surface area contributed by atoms with Crippen LogP contribution in [-0.2, 0) is 33.8 Å². The van der Waals surface area contributed by atoms with E-state index < -0.39 is 16.0 Å². The molecule has 0 bridgehead atoms. The van der Waals surface area contributed by atoms with Gasteiger partial charge in [0.05, 0.1) is 55.7 Å². The van der Waals surface area contributed by atoms with Crippen molar-refractivity contribution in [2.75, 3.05) is 69.4 Å². The Morgan fingerprint density at radius 1 is 1.03 bits per heavy atom. The summed E-state index contributed by atoms with van der Waals surface area (Å²) in [7, 11) is -3.72. The highest BCUT2D eigenvalue weighted by molar-refractivity contribution is 7.89. The number of carbonyl (C=O) groups excluding carboxylic acids is 2. The molecule has 0 radical (unpaired) electrons. The number of nitrogens with zero attached hydrogens (tertiary/aromatic N) is 2. The highest BCUT2D eigenvalue weighted by Gasteiger charge is 2.28. The van der Waals surface area contributed by atoms with E-state index in [1.165, 1.54) is 10.4 Å². The first-order chi connectivity index (χ1) is 14.9. The van der Waals surface area contributed by atoms with Gasteiger partial charge in [-0.2, -0.15) is 4.31 Å². The highest BCUT2D eigenvalue weighted by Crippen LogP contribution is 2.31. The third-order valence-corrected chi connectivity index (χ3v) is 6.96. The van der Waals surface area contributed by atoms with E-state index in [1.807, 2.05) is 4.90 Å². The number of hydrogen-bond donors (Lipinski definition) is 1. The van der Waals surface area contributed by atoms with Crippen molar-refractivity contribution in [3.05, 3.63) is 18.2 Å². The van der Waals surface area contributed by atoms with Crippen molar-refractivity contribution in [1.29, 1.82) is 0 Å². The van der Waals surface area contributed by atoms with Crippen molar-refractivity contribution in [2.24, 2.45) is 0 Å². The molecule has 10 nitrogen and oxygen atoms in total. The highest BCUT2D eigenvalue weighted by atomic mass is 32.2. The first kappa shape index (κ1) is 23.5. The lowest BCUT2D eigenvalue weighted by Crippen LogP contribution is -2.40. The largest absolute Gasteiger partial charge is 0.466 e. The molecule has 0 aliphatic carbocycles. The SMILES string of the molecule is CCOC(=O)CCC(=O)Nc1cc(S(=O)(=O)N2CCOCC2)ccc1N1CCOCC1. The third kappa shape index (κ3) is 6.16. The predicted molar refractivity (Wildman–Crippen MR) is 114 cm³/mol. The van der Waals surface area contributed by atoms with E-state index in [0.717, 1.165) is 0 Å². The van der Waals surface area contributed by atoms with Crippen LogP contribution in [-0.4, -0.2) is 83.8 Å². The Labute approximate surface area is 182 Å². The maximum absolute atomic E-state index is 13.1. The number of morpholine rings is 2. The topological polar surface area (TPSA) is 114 Å². The molecule has 0 spiro atoms. The molecule has 1 amide bonds. The number of esters is 1. The van der Waals surface area contributed by atoms with Crippen molar-refractivity contribution in [1.82, 2.24) is 4.31 Å². The summed E-state index contributed by atoms with van der Waals surface area (Å²) in [5, 5.41) is 2.78. The summed E-state index contributed by atoms with van der Waals surface area (Å²) < 4.78 is 43.0. The van der Waals surface area contributed by atoms with Gasteiger partial charge in [0, 0.05) is 32.6 Å². The summed E-state index contributed by atoms with van der Waals surface area (Å²) in [4.78, 5) is 26.2. The Bertz CT molecular complexity index is 879. The molecule has 0 saturated carbocycles. The Morgan fingerprint density at radius 2 is 1.68 bits per heavy atom. The molecular weight excluding hydrogens is 426 g/mol. The van der Waals surface area contributed by atoms with Gasteiger partial charge in [0.15, 0.2) is 0 Å². The van der Waals surface area contributed by atoms with Crippen LogP contribution in [0.5, 0.6) is 0 Å². The van der Waals surface area contributed by atoms with Gasteiger partial charge in [-0.15, -0.1) is 0 Å². The Hall–Kier alpha value is -2.21. The molecular formula is C20H29N3O7S. The molecule has 11 heteroatoms. The van der Waals surface area contributed by atoms with E-state index >= 15 is 0 Å². The number of rotatable bonds is 8. The van der Waals surface area contributed by atoms with Gasteiger partial charge < -0.3 is 24.4 Å². The van der Waals surface area contributed by atoms with Crippen molar-refractivity contribution in [3.8, 4) is 0 Å². The van der Waals surface area contributed by atoms with E-state index in [9.17, 15) is 18.0 Å². The summed E-state index contributed by atoms with van der Waals surface area (Å²) in [6, 6.07) is 4.75. The minimum absolute atomic E-state index is 0.0433. The van der Waals surface area contributed by atoms with Crippen molar-refractivity contribution in [2.45, 2.75) is 24.7 Å². The van der Waals surface area contributed by atoms with Crippen LogP contribution < -0.4 is 10.2 Å². The number of nitrogens with one attached hydrogen (secondary N) is 1. The zero-order chi connectivity index (χ0) is 22.3. The van der Waals surface area contributed by atoms with Gasteiger partial charge in [-0.25, -0.2) is 8.42 Å². The lowest BCUT2D eigenvalue weighted by molar-refractivity contribution is -0.144. The van der Waals surface area contributed by atoms with E-state index in [2.05, 4.69) is 5.32 Å². The quantitative estimate of drug-likeness (QED) is 0.573. The van der Waals surface area contributed by atoms with E-state index in [4.69, 9.17) is 14.2 Å². The van der Waals surface area contributed by atoms with Crippen LogP contribution in [0.3, 0.4) is 0 Å². The summed E-state index contributed by atoms with van der Waals surface area (Å²) >= 11 is 0. The molecule has 2 saturated heterocycles. The number of carbonyl (C=O) groups is 2. The normalized spacial score (nSPS) is 17.9. The predicted octanol–water partition coefficient (Wildman–Crippen LogP) is 0.826. The van der Waals surface area contributed by atoms with E-state index in [-0.39, 0.29) is 43.3 Å². The van der Waals surface area contributed by atoms with E-state index in [0.29, 0.717) is 50.9 Å². The minimum atomic E-state index is -3.72. The van der Waals surface area contributed by atoms with Gasteiger partial charge in [-0.3, -0.25) is 9.59 Å². The Kier molecular flexibility index (Phi) is 8.24. The van der Waals surface area contributed by atoms with Crippen LogP contribution in [0.2, 0.25) is 0 Å². The molecule has 2 heterocycles. The molecule has 2 fully saturated rings. The summed E-state index contributed by atoms with van der Waals surface area (Å²) in [5.41, 5.74) is 1.11. The Balaban J connectivity index is 1.83. The average molecular weight is 456 g/mol. The number of anilines is 2.